The minimum atomic E-state index is -3.02. The van der Waals surface area contributed by atoms with Gasteiger partial charge in [0.1, 0.15) is 24.0 Å². The first kappa shape index (κ1) is 26.0. The van der Waals surface area contributed by atoms with E-state index >= 15 is 0 Å². The van der Waals surface area contributed by atoms with Crippen LogP contribution in [-0.4, -0.2) is 65.2 Å². The molecule has 8 nitrogen and oxygen atoms in total. The third-order valence-corrected chi connectivity index (χ3v) is 8.12. The number of ether oxygens (including phenoxy) is 3. The molecule has 2 saturated heterocycles. The molecule has 2 atom stereocenters. The summed E-state index contributed by atoms with van der Waals surface area (Å²) < 4.78 is 58.4. The van der Waals surface area contributed by atoms with Crippen LogP contribution in [0.5, 0.6) is 5.75 Å². The first-order chi connectivity index (χ1) is 19.9. The van der Waals surface area contributed by atoms with Crippen molar-refractivity contribution in [2.45, 2.75) is 37.3 Å². The number of benzene rings is 3. The highest BCUT2D eigenvalue weighted by atomic mass is 19.3. The van der Waals surface area contributed by atoms with Gasteiger partial charge in [0.2, 0.25) is 0 Å². The molecule has 1 aliphatic carbocycles. The lowest BCUT2D eigenvalue weighted by Crippen LogP contribution is -2.48. The lowest BCUT2D eigenvalue weighted by molar-refractivity contribution is -0.0494. The Kier molecular flexibility index (Phi) is 6.44. The standard InChI is InChI=1S/C30H27F3N4O4/c31-22-4-2-1-3-20(22)18-5-7-21-23(15-18)34-17-37(28(21)38)19-6-8-25(40-29(32)33)24(16-19)35-27-26(41-27)30(9-10-30)36-11-13-39-14-12-36/h1-8,15-17,26-27,29,35H,9-14H2. The summed E-state index contributed by atoms with van der Waals surface area (Å²) >= 11 is 0. The van der Waals surface area contributed by atoms with Crippen LogP contribution in [0, 0.1) is 5.82 Å². The first-order valence-corrected chi connectivity index (χ1v) is 13.5. The summed E-state index contributed by atoms with van der Waals surface area (Å²) in [5, 5.41) is 3.55. The molecule has 0 bridgehead atoms. The second-order valence-electron chi connectivity index (χ2n) is 10.5. The van der Waals surface area contributed by atoms with Crippen LogP contribution in [0.25, 0.3) is 27.7 Å². The number of rotatable bonds is 8. The van der Waals surface area contributed by atoms with E-state index < -0.39 is 6.61 Å². The van der Waals surface area contributed by atoms with Gasteiger partial charge in [-0.3, -0.25) is 14.3 Å². The van der Waals surface area contributed by atoms with E-state index in [0.717, 1.165) is 25.9 Å². The Morgan fingerprint density at radius 1 is 1.05 bits per heavy atom. The van der Waals surface area contributed by atoms with E-state index in [0.29, 0.717) is 40.9 Å². The average molecular weight is 565 g/mol. The summed E-state index contributed by atoms with van der Waals surface area (Å²) in [6.45, 7) is 0.0114. The van der Waals surface area contributed by atoms with Crippen molar-refractivity contribution in [2.75, 3.05) is 31.6 Å². The third-order valence-electron chi connectivity index (χ3n) is 8.12. The van der Waals surface area contributed by atoms with Crippen molar-refractivity contribution < 1.29 is 27.4 Å². The molecule has 4 aromatic rings. The molecule has 3 aromatic carbocycles. The molecular weight excluding hydrogens is 537 g/mol. The fraction of sp³-hybridized carbons (Fsp3) is 0.333. The van der Waals surface area contributed by atoms with Gasteiger partial charge in [-0.25, -0.2) is 9.37 Å². The van der Waals surface area contributed by atoms with Crippen LogP contribution in [0.1, 0.15) is 12.8 Å². The number of anilines is 1. The number of fused-ring (bicyclic) bond motifs is 1. The summed E-state index contributed by atoms with van der Waals surface area (Å²) in [5.74, 6) is -0.420. The topological polar surface area (TPSA) is 81.2 Å². The molecule has 0 radical (unpaired) electrons. The van der Waals surface area contributed by atoms with E-state index in [2.05, 4.69) is 15.2 Å². The van der Waals surface area contributed by atoms with Gasteiger partial charge in [0.05, 0.1) is 41.0 Å². The fourth-order valence-electron chi connectivity index (χ4n) is 5.85. The number of alkyl halides is 2. The molecule has 3 fully saturated rings. The van der Waals surface area contributed by atoms with E-state index in [1.807, 2.05) is 0 Å². The van der Waals surface area contributed by atoms with E-state index in [4.69, 9.17) is 14.2 Å². The molecule has 2 aliphatic heterocycles. The minimum absolute atomic E-state index is 0.0504. The highest BCUT2D eigenvalue weighted by Gasteiger charge is 2.64. The molecule has 3 heterocycles. The van der Waals surface area contributed by atoms with Crippen LogP contribution in [0.4, 0.5) is 18.9 Å². The van der Waals surface area contributed by atoms with Crippen molar-refractivity contribution in [1.29, 1.82) is 0 Å². The van der Waals surface area contributed by atoms with Gasteiger partial charge in [-0.2, -0.15) is 8.78 Å². The van der Waals surface area contributed by atoms with Crippen LogP contribution in [0.15, 0.2) is 71.8 Å². The van der Waals surface area contributed by atoms with Crippen LogP contribution in [0.2, 0.25) is 0 Å². The number of hydrogen-bond acceptors (Lipinski definition) is 7. The Labute approximate surface area is 233 Å². The second kappa shape index (κ2) is 10.2. The van der Waals surface area contributed by atoms with Gasteiger partial charge in [0.25, 0.3) is 5.56 Å². The van der Waals surface area contributed by atoms with E-state index in [1.165, 1.54) is 29.1 Å². The zero-order chi connectivity index (χ0) is 28.1. The SMILES string of the molecule is O=c1c2ccc(-c3ccccc3F)cc2ncn1-c1ccc(OC(F)F)c(NC2OC2C2(N3CCOCC3)CC2)c1. The second-order valence-corrected chi connectivity index (χ2v) is 10.5. The molecule has 1 N–H and O–H groups in total. The Morgan fingerprint density at radius 2 is 1.85 bits per heavy atom. The monoisotopic (exact) mass is 564 g/mol. The van der Waals surface area contributed by atoms with E-state index in [1.54, 1.807) is 42.5 Å². The van der Waals surface area contributed by atoms with Crippen molar-refractivity contribution in [3.05, 3.63) is 83.2 Å². The first-order valence-electron chi connectivity index (χ1n) is 13.5. The predicted octanol–water partition coefficient (Wildman–Crippen LogP) is 4.79. The molecule has 212 valence electrons. The molecule has 1 aromatic heterocycles. The fourth-order valence-corrected chi connectivity index (χ4v) is 5.85. The van der Waals surface area contributed by atoms with Gasteiger partial charge >= 0.3 is 6.61 Å². The van der Waals surface area contributed by atoms with Crippen molar-refractivity contribution >= 4 is 16.6 Å². The summed E-state index contributed by atoms with van der Waals surface area (Å²) in [5.41, 5.74) is 1.71. The Bertz CT molecular complexity index is 1670. The number of epoxide rings is 1. The van der Waals surface area contributed by atoms with Crippen LogP contribution >= 0.6 is 0 Å². The van der Waals surface area contributed by atoms with Gasteiger partial charge in [0.15, 0.2) is 6.23 Å². The Balaban J connectivity index is 1.18. The largest absolute Gasteiger partial charge is 0.433 e. The van der Waals surface area contributed by atoms with Crippen LogP contribution in [-0.2, 0) is 9.47 Å². The molecule has 7 rings (SSSR count). The summed E-state index contributed by atoms with van der Waals surface area (Å²) in [6, 6.07) is 15.8. The smallest absolute Gasteiger partial charge is 0.387 e. The number of nitrogens with one attached hydrogen (secondary N) is 1. The minimum Gasteiger partial charge on any atom is -0.433 e. The molecule has 2 unspecified atom stereocenters. The number of hydrogen-bond donors (Lipinski definition) is 1. The van der Waals surface area contributed by atoms with Gasteiger partial charge in [0, 0.05) is 18.7 Å². The summed E-state index contributed by atoms with van der Waals surface area (Å²) in [4.78, 5) is 20.3. The summed E-state index contributed by atoms with van der Waals surface area (Å²) in [6.07, 6.45) is 2.92. The zero-order valence-corrected chi connectivity index (χ0v) is 21.9. The highest BCUT2D eigenvalue weighted by Crippen LogP contribution is 2.53. The van der Waals surface area contributed by atoms with Crippen LogP contribution in [0.3, 0.4) is 0 Å². The van der Waals surface area contributed by atoms with Gasteiger partial charge in [-0.05, 0) is 54.8 Å². The van der Waals surface area contributed by atoms with E-state index in [9.17, 15) is 18.0 Å². The van der Waals surface area contributed by atoms with Crippen molar-refractivity contribution in [3.63, 3.8) is 0 Å². The van der Waals surface area contributed by atoms with Gasteiger partial charge < -0.3 is 19.5 Å². The molecule has 3 aliphatic rings. The Morgan fingerprint density at radius 3 is 2.61 bits per heavy atom. The van der Waals surface area contributed by atoms with Crippen molar-refractivity contribution in [1.82, 2.24) is 14.5 Å². The quantitative estimate of drug-likeness (QED) is 0.308. The number of aromatic nitrogens is 2. The molecule has 1 saturated carbocycles. The molecule has 11 heteroatoms. The Hall–Kier alpha value is -3.93. The van der Waals surface area contributed by atoms with Crippen molar-refractivity contribution in [2.24, 2.45) is 0 Å². The molecule has 0 amide bonds. The molecule has 41 heavy (non-hydrogen) atoms. The van der Waals surface area contributed by atoms with Crippen molar-refractivity contribution in [3.8, 4) is 22.6 Å². The number of nitrogens with zero attached hydrogens (tertiary/aromatic N) is 3. The maximum atomic E-state index is 14.3. The van der Waals surface area contributed by atoms with Gasteiger partial charge in [-0.1, -0.05) is 24.3 Å². The number of morpholine rings is 1. The normalized spacial score (nSPS) is 21.7. The third kappa shape index (κ3) is 4.83. The average Bonchev–Trinajstić information content (AvgIpc) is 3.91. The molecule has 0 spiro atoms. The lowest BCUT2D eigenvalue weighted by Gasteiger charge is -2.34. The zero-order valence-electron chi connectivity index (χ0n) is 21.9. The number of halogens is 3. The predicted molar refractivity (Wildman–Crippen MR) is 146 cm³/mol. The lowest BCUT2D eigenvalue weighted by atomic mass is 10.0. The molecular formula is C30H27F3N4O4. The maximum Gasteiger partial charge on any atom is 0.387 e. The van der Waals surface area contributed by atoms with E-state index in [-0.39, 0.29) is 40.7 Å². The summed E-state index contributed by atoms with van der Waals surface area (Å²) in [7, 11) is 0. The maximum absolute atomic E-state index is 14.3. The van der Waals surface area contributed by atoms with Crippen LogP contribution < -0.4 is 15.6 Å². The van der Waals surface area contributed by atoms with Gasteiger partial charge in [-0.15, -0.1) is 0 Å². The highest BCUT2D eigenvalue weighted by molar-refractivity contribution is 5.84.